The van der Waals surface area contributed by atoms with E-state index in [1.54, 1.807) is 25.4 Å². The molecule has 7 nitrogen and oxygen atoms in total. The van der Waals surface area contributed by atoms with Gasteiger partial charge in [-0.3, -0.25) is 10.1 Å². The number of hydrogen-bond donors (Lipinski definition) is 2. The van der Waals surface area contributed by atoms with E-state index in [-0.39, 0.29) is 5.91 Å². The minimum absolute atomic E-state index is 0.283. The Morgan fingerprint density at radius 1 is 1.19 bits per heavy atom. The molecule has 0 unspecified atom stereocenters. The van der Waals surface area contributed by atoms with E-state index in [2.05, 4.69) is 25.8 Å². The molecule has 2 aromatic heterocycles. The van der Waals surface area contributed by atoms with Crippen LogP contribution in [0.5, 0.6) is 5.75 Å². The third kappa shape index (κ3) is 3.50. The van der Waals surface area contributed by atoms with Crippen molar-refractivity contribution < 1.29 is 9.53 Å². The molecule has 1 aliphatic carbocycles. The highest BCUT2D eigenvalue weighted by Crippen LogP contribution is 2.42. The second kappa shape index (κ2) is 7.09. The Bertz CT molecular complexity index is 939. The van der Waals surface area contributed by atoms with Crippen molar-refractivity contribution in [1.29, 1.82) is 0 Å². The van der Waals surface area contributed by atoms with Crippen LogP contribution in [0.15, 0.2) is 42.6 Å². The zero-order chi connectivity index (χ0) is 17.9. The number of benzene rings is 1. The van der Waals surface area contributed by atoms with Crippen LogP contribution < -0.4 is 15.4 Å². The molecule has 26 heavy (non-hydrogen) atoms. The molecule has 1 fully saturated rings. The van der Waals surface area contributed by atoms with E-state index in [1.807, 2.05) is 24.3 Å². The van der Waals surface area contributed by atoms with Crippen LogP contribution in [0, 0.1) is 0 Å². The number of nitrogens with zero attached hydrogens (tertiary/aromatic N) is 3. The Labute approximate surface area is 154 Å². The van der Waals surface area contributed by atoms with Crippen LogP contribution in [0.2, 0.25) is 0 Å². The van der Waals surface area contributed by atoms with Crippen molar-refractivity contribution in [2.75, 3.05) is 17.7 Å². The maximum absolute atomic E-state index is 12.7. The number of hydrogen-bond acceptors (Lipinski definition) is 7. The van der Waals surface area contributed by atoms with Gasteiger partial charge in [0.05, 0.1) is 18.4 Å². The van der Waals surface area contributed by atoms with Crippen molar-refractivity contribution in [2.45, 2.75) is 18.8 Å². The molecule has 1 amide bonds. The molecule has 1 aromatic carbocycles. The first-order chi connectivity index (χ1) is 12.7. The topological polar surface area (TPSA) is 89.0 Å². The lowest BCUT2D eigenvalue weighted by Crippen LogP contribution is -2.14. The van der Waals surface area contributed by atoms with Crippen molar-refractivity contribution in [3.8, 4) is 5.75 Å². The summed E-state index contributed by atoms with van der Waals surface area (Å²) in [6.45, 7) is 0. The van der Waals surface area contributed by atoms with Gasteiger partial charge in [-0.2, -0.15) is 0 Å². The van der Waals surface area contributed by atoms with Crippen molar-refractivity contribution in [3.63, 3.8) is 0 Å². The second-order valence-electron chi connectivity index (χ2n) is 5.90. The van der Waals surface area contributed by atoms with Crippen LogP contribution >= 0.6 is 11.3 Å². The molecule has 0 saturated heterocycles. The van der Waals surface area contributed by atoms with Crippen LogP contribution in [0.25, 0.3) is 0 Å². The molecule has 2 N–H and O–H groups in total. The number of rotatable bonds is 6. The Morgan fingerprint density at radius 2 is 2.04 bits per heavy atom. The summed E-state index contributed by atoms with van der Waals surface area (Å²) in [6, 6.07) is 10.9. The molecule has 132 valence electrons. The number of aromatic nitrogens is 3. The van der Waals surface area contributed by atoms with Crippen molar-refractivity contribution in [2.24, 2.45) is 0 Å². The molecule has 0 bridgehead atoms. The number of para-hydroxylation sites is 2. The average Bonchev–Trinajstić information content (AvgIpc) is 3.42. The summed E-state index contributed by atoms with van der Waals surface area (Å²) in [7, 11) is 1.60. The van der Waals surface area contributed by atoms with Gasteiger partial charge in [0.1, 0.15) is 16.6 Å². The second-order valence-corrected chi connectivity index (χ2v) is 6.91. The molecule has 0 radical (unpaired) electrons. The van der Waals surface area contributed by atoms with E-state index in [0.29, 0.717) is 28.2 Å². The van der Waals surface area contributed by atoms with Gasteiger partial charge in [0.25, 0.3) is 5.91 Å². The number of nitrogens with one attached hydrogen (secondary N) is 2. The summed E-state index contributed by atoms with van der Waals surface area (Å²) < 4.78 is 5.34. The highest BCUT2D eigenvalue weighted by molar-refractivity contribution is 7.15. The van der Waals surface area contributed by atoms with Crippen molar-refractivity contribution in [3.05, 3.63) is 53.2 Å². The number of amides is 1. The first-order valence-electron chi connectivity index (χ1n) is 8.24. The normalized spacial score (nSPS) is 13.3. The number of carbonyl (C=O) groups excluding carboxylic acids is 1. The zero-order valence-electron chi connectivity index (χ0n) is 14.1. The number of pyridine rings is 1. The van der Waals surface area contributed by atoms with E-state index < -0.39 is 0 Å². The molecule has 2 heterocycles. The van der Waals surface area contributed by atoms with Crippen molar-refractivity contribution >= 4 is 33.9 Å². The van der Waals surface area contributed by atoms with Gasteiger partial charge in [0.15, 0.2) is 0 Å². The molecule has 3 aromatic rings. The van der Waals surface area contributed by atoms with Crippen LogP contribution in [0.1, 0.15) is 34.1 Å². The standard InChI is InChI=1S/C18H17N5O2S/c1-25-14-7-3-2-6-13(14)20-15-12(5-4-10-19-15)16(24)21-18-23-22-17(26-18)11-8-9-11/h2-7,10-11H,8-9H2,1H3,(H,19,20)(H,21,23,24). The van der Waals surface area contributed by atoms with Gasteiger partial charge in [-0.1, -0.05) is 23.5 Å². The van der Waals surface area contributed by atoms with Gasteiger partial charge in [-0.15, -0.1) is 10.2 Å². The summed E-state index contributed by atoms with van der Waals surface area (Å²) in [5.41, 5.74) is 1.15. The molecule has 8 heteroatoms. The molecule has 0 spiro atoms. The van der Waals surface area contributed by atoms with Crippen LogP contribution in [0.4, 0.5) is 16.6 Å². The van der Waals surface area contributed by atoms with Crippen LogP contribution in [-0.4, -0.2) is 28.2 Å². The highest BCUT2D eigenvalue weighted by atomic mass is 32.1. The SMILES string of the molecule is COc1ccccc1Nc1ncccc1C(=O)Nc1nnc(C2CC2)s1. The summed E-state index contributed by atoms with van der Waals surface area (Å²) >= 11 is 1.43. The molecular weight excluding hydrogens is 350 g/mol. The van der Waals surface area contributed by atoms with Gasteiger partial charge in [-0.05, 0) is 37.1 Å². The quantitative estimate of drug-likeness (QED) is 0.689. The lowest BCUT2D eigenvalue weighted by molar-refractivity contribution is 0.102. The van der Waals surface area contributed by atoms with E-state index in [9.17, 15) is 4.79 Å². The highest BCUT2D eigenvalue weighted by Gasteiger charge is 2.28. The third-order valence-electron chi connectivity index (χ3n) is 4.00. The number of anilines is 3. The summed E-state index contributed by atoms with van der Waals surface area (Å²) in [4.78, 5) is 17.0. The predicted molar refractivity (Wildman–Crippen MR) is 100 cm³/mol. The lowest BCUT2D eigenvalue weighted by atomic mass is 10.2. The molecule has 0 atom stereocenters. The molecule has 1 aliphatic rings. The van der Waals surface area contributed by atoms with Gasteiger partial charge in [-0.25, -0.2) is 4.98 Å². The number of carbonyl (C=O) groups is 1. The van der Waals surface area contributed by atoms with Gasteiger partial charge in [0, 0.05) is 12.1 Å². The third-order valence-corrected chi connectivity index (χ3v) is 5.00. The fraction of sp³-hybridized carbons (Fsp3) is 0.222. The molecule has 4 rings (SSSR count). The first kappa shape index (κ1) is 16.5. The minimum atomic E-state index is -0.283. The monoisotopic (exact) mass is 367 g/mol. The number of ether oxygens (including phenoxy) is 1. The zero-order valence-corrected chi connectivity index (χ0v) is 14.9. The predicted octanol–water partition coefficient (Wildman–Crippen LogP) is 3.82. The molecule has 1 saturated carbocycles. The molecular formula is C18H17N5O2S. The Hall–Kier alpha value is -3.00. The summed E-state index contributed by atoms with van der Waals surface area (Å²) in [5.74, 6) is 1.34. The Morgan fingerprint density at radius 3 is 2.85 bits per heavy atom. The Kier molecular flexibility index (Phi) is 4.49. The van der Waals surface area contributed by atoms with E-state index in [0.717, 1.165) is 23.5 Å². The van der Waals surface area contributed by atoms with Crippen LogP contribution in [-0.2, 0) is 0 Å². The first-order valence-corrected chi connectivity index (χ1v) is 9.06. The van der Waals surface area contributed by atoms with E-state index in [1.165, 1.54) is 11.3 Å². The van der Waals surface area contributed by atoms with Crippen LogP contribution in [0.3, 0.4) is 0 Å². The van der Waals surface area contributed by atoms with Gasteiger partial charge < -0.3 is 10.1 Å². The average molecular weight is 367 g/mol. The largest absolute Gasteiger partial charge is 0.495 e. The van der Waals surface area contributed by atoms with Crippen molar-refractivity contribution in [1.82, 2.24) is 15.2 Å². The maximum Gasteiger partial charge on any atom is 0.261 e. The van der Waals surface area contributed by atoms with Gasteiger partial charge in [0.2, 0.25) is 5.13 Å². The minimum Gasteiger partial charge on any atom is -0.495 e. The fourth-order valence-corrected chi connectivity index (χ4v) is 3.42. The van der Waals surface area contributed by atoms with Gasteiger partial charge >= 0.3 is 0 Å². The lowest BCUT2D eigenvalue weighted by Gasteiger charge is -2.12. The smallest absolute Gasteiger partial charge is 0.261 e. The summed E-state index contributed by atoms with van der Waals surface area (Å²) in [6.07, 6.45) is 3.93. The Balaban J connectivity index is 1.55. The summed E-state index contributed by atoms with van der Waals surface area (Å²) in [5, 5.41) is 15.7. The molecule has 0 aliphatic heterocycles. The maximum atomic E-state index is 12.7. The van der Waals surface area contributed by atoms with E-state index >= 15 is 0 Å². The number of methoxy groups -OCH3 is 1. The van der Waals surface area contributed by atoms with E-state index in [4.69, 9.17) is 4.74 Å². The fourth-order valence-electron chi connectivity index (χ4n) is 2.51.